The van der Waals surface area contributed by atoms with Crippen molar-refractivity contribution >= 4 is 13.4 Å². The Bertz CT molecular complexity index is 1340. The molecule has 0 atom stereocenters. The lowest BCUT2D eigenvalue weighted by Crippen LogP contribution is -2.08. The third kappa shape index (κ3) is 4.97. The summed E-state index contributed by atoms with van der Waals surface area (Å²) in [4.78, 5) is 10.9. The van der Waals surface area contributed by atoms with Crippen molar-refractivity contribution in [1.29, 1.82) is 0 Å². The third-order valence-corrected chi connectivity index (χ3v) is 8.52. The molecule has 0 unspecified atom stereocenters. The van der Waals surface area contributed by atoms with E-state index in [-0.39, 0.29) is 29.4 Å². The highest BCUT2D eigenvalue weighted by molar-refractivity contribution is 7.54. The van der Waals surface area contributed by atoms with Gasteiger partial charge in [0.15, 0.2) is 0 Å². The number of halogens is 2. The molecule has 2 aliphatic rings. The Balaban J connectivity index is 1.38. The molecule has 0 saturated carbocycles. The van der Waals surface area contributed by atoms with Crippen LogP contribution >= 0.6 is 7.67 Å². The summed E-state index contributed by atoms with van der Waals surface area (Å²) in [5, 5.41) is 11.5. The summed E-state index contributed by atoms with van der Waals surface area (Å²) >= 11 is 0. The molecule has 8 nitrogen and oxygen atoms in total. The molecular formula is C24H22F2N3O5P. The first-order valence-electron chi connectivity index (χ1n) is 11.0. The zero-order valence-corrected chi connectivity index (χ0v) is 19.7. The van der Waals surface area contributed by atoms with Crippen molar-refractivity contribution in [2.24, 2.45) is 0 Å². The van der Waals surface area contributed by atoms with E-state index in [1.165, 1.54) is 48.5 Å². The highest BCUT2D eigenvalue weighted by Gasteiger charge is 2.49. The number of benzene rings is 3. The van der Waals surface area contributed by atoms with Crippen LogP contribution in [0.4, 0.5) is 14.5 Å². The molecule has 3 aromatic rings. The van der Waals surface area contributed by atoms with E-state index in [1.54, 1.807) is 16.3 Å². The van der Waals surface area contributed by atoms with Crippen LogP contribution in [0, 0.1) is 28.7 Å². The predicted octanol–water partition coefficient (Wildman–Crippen LogP) is 5.90. The number of nitro groups is 1. The minimum Gasteiger partial charge on any atom is -0.450 e. The van der Waals surface area contributed by atoms with Crippen molar-refractivity contribution in [3.63, 3.8) is 0 Å². The Morgan fingerprint density at radius 3 is 2.26 bits per heavy atom. The molecule has 11 heteroatoms. The van der Waals surface area contributed by atoms with Gasteiger partial charge in [-0.3, -0.25) is 14.7 Å². The van der Waals surface area contributed by atoms with Crippen LogP contribution in [0.3, 0.4) is 0 Å². The fourth-order valence-electron chi connectivity index (χ4n) is 3.81. The van der Waals surface area contributed by atoms with Crippen molar-refractivity contribution < 1.29 is 27.5 Å². The SMILES string of the molecule is Cc1cc(F)ccc1-c1ccc(Oc2cc(COP(=O)(N3CC3)N3CC3)ccc2[N+](=O)[O-])cc1F. The lowest BCUT2D eigenvalue weighted by molar-refractivity contribution is -0.385. The molecule has 3 aromatic carbocycles. The van der Waals surface area contributed by atoms with Crippen molar-refractivity contribution in [3.8, 4) is 22.6 Å². The molecule has 0 radical (unpaired) electrons. The van der Waals surface area contributed by atoms with Crippen LogP contribution in [0.2, 0.25) is 0 Å². The number of rotatable bonds is 9. The van der Waals surface area contributed by atoms with Gasteiger partial charge in [-0.25, -0.2) is 18.1 Å². The molecule has 2 fully saturated rings. The Hall–Kier alpha value is -3.17. The van der Waals surface area contributed by atoms with Crippen LogP contribution in [-0.4, -0.2) is 40.4 Å². The van der Waals surface area contributed by atoms with Crippen LogP contribution in [0.15, 0.2) is 54.6 Å². The molecule has 5 rings (SSSR count). The number of aryl methyl sites for hydroxylation is 1. The molecule has 0 aliphatic carbocycles. The summed E-state index contributed by atoms with van der Waals surface area (Å²) in [6.07, 6.45) is 0. The second-order valence-electron chi connectivity index (χ2n) is 8.43. The van der Waals surface area contributed by atoms with Gasteiger partial charge in [-0.15, -0.1) is 0 Å². The Morgan fingerprint density at radius 1 is 0.971 bits per heavy atom. The maximum absolute atomic E-state index is 14.9. The van der Waals surface area contributed by atoms with E-state index in [0.29, 0.717) is 42.9 Å². The molecule has 0 amide bonds. The van der Waals surface area contributed by atoms with Gasteiger partial charge in [-0.2, -0.15) is 0 Å². The Kier molecular flexibility index (Phi) is 6.14. The van der Waals surface area contributed by atoms with Crippen LogP contribution in [-0.2, 0) is 15.7 Å². The number of ether oxygens (including phenoxy) is 1. The van der Waals surface area contributed by atoms with Gasteiger partial charge >= 0.3 is 13.4 Å². The largest absolute Gasteiger partial charge is 0.450 e. The highest BCUT2D eigenvalue weighted by Crippen LogP contribution is 2.61. The zero-order chi connectivity index (χ0) is 24.7. The molecular weight excluding hydrogens is 479 g/mol. The number of nitrogens with zero attached hydrogens (tertiary/aromatic N) is 3. The first kappa shape index (κ1) is 23.6. The molecule has 0 N–H and O–H groups in total. The van der Waals surface area contributed by atoms with Gasteiger partial charge in [0, 0.05) is 43.9 Å². The maximum Gasteiger partial charge on any atom is 0.346 e. The molecule has 0 spiro atoms. The second-order valence-corrected chi connectivity index (χ2v) is 10.8. The van der Waals surface area contributed by atoms with Crippen molar-refractivity contribution in [3.05, 3.63) is 87.5 Å². The topological polar surface area (TPSA) is 84.7 Å². The first-order chi connectivity index (χ1) is 16.7. The lowest BCUT2D eigenvalue weighted by Gasteiger charge is -2.19. The lowest BCUT2D eigenvalue weighted by atomic mass is 10.00. The minimum absolute atomic E-state index is 0.0181. The van der Waals surface area contributed by atoms with Gasteiger partial charge in [0.1, 0.15) is 17.4 Å². The maximum atomic E-state index is 14.9. The fraction of sp³-hybridized carbons (Fsp3) is 0.250. The molecule has 182 valence electrons. The fourth-order valence-corrected chi connectivity index (χ4v) is 6.00. The number of nitro benzene ring substituents is 1. The smallest absolute Gasteiger partial charge is 0.346 e. The number of hydrogen-bond acceptors (Lipinski definition) is 5. The quantitative estimate of drug-likeness (QED) is 0.156. The van der Waals surface area contributed by atoms with E-state index in [4.69, 9.17) is 9.26 Å². The summed E-state index contributed by atoms with van der Waals surface area (Å²) < 4.78 is 56.4. The first-order valence-corrected chi connectivity index (χ1v) is 12.5. The van der Waals surface area contributed by atoms with Crippen molar-refractivity contribution in [2.75, 3.05) is 26.2 Å². The minimum atomic E-state index is -3.05. The predicted molar refractivity (Wildman–Crippen MR) is 125 cm³/mol. The van der Waals surface area contributed by atoms with Gasteiger partial charge in [-0.1, -0.05) is 6.07 Å². The van der Waals surface area contributed by atoms with E-state index in [1.807, 2.05) is 0 Å². The summed E-state index contributed by atoms with van der Waals surface area (Å²) in [5.74, 6) is -1.06. The normalized spacial score (nSPS) is 15.7. The van der Waals surface area contributed by atoms with E-state index in [2.05, 4.69) is 0 Å². The van der Waals surface area contributed by atoms with Crippen molar-refractivity contribution in [2.45, 2.75) is 13.5 Å². The highest BCUT2D eigenvalue weighted by atomic mass is 31.2. The Morgan fingerprint density at radius 2 is 1.66 bits per heavy atom. The summed E-state index contributed by atoms with van der Waals surface area (Å²) in [5.41, 5.74) is 1.60. The number of hydrogen-bond donors (Lipinski definition) is 0. The third-order valence-electron chi connectivity index (χ3n) is 5.83. The zero-order valence-electron chi connectivity index (χ0n) is 18.8. The van der Waals surface area contributed by atoms with Crippen molar-refractivity contribution in [1.82, 2.24) is 9.34 Å². The van der Waals surface area contributed by atoms with Gasteiger partial charge in [0.2, 0.25) is 5.75 Å². The average Bonchev–Trinajstić information content (AvgIpc) is 3.70. The summed E-state index contributed by atoms with van der Waals surface area (Å²) in [6, 6.07) is 12.4. The van der Waals surface area contributed by atoms with Gasteiger partial charge < -0.3 is 9.26 Å². The summed E-state index contributed by atoms with van der Waals surface area (Å²) in [6.45, 7) is 4.50. The molecule has 35 heavy (non-hydrogen) atoms. The molecule has 2 aliphatic heterocycles. The van der Waals surface area contributed by atoms with Crippen LogP contribution in [0.5, 0.6) is 11.5 Å². The average molecular weight is 501 g/mol. The van der Waals surface area contributed by atoms with Gasteiger partial charge in [-0.05, 0) is 60.0 Å². The van der Waals surface area contributed by atoms with E-state index < -0.39 is 24.2 Å². The molecule has 2 heterocycles. The second kappa shape index (κ2) is 9.13. The molecule has 0 aromatic heterocycles. The molecule has 0 bridgehead atoms. The standard InChI is InChI=1S/C24H22F2N3O5P/c1-16-12-18(25)3-5-20(16)21-6-4-19(14-22(21)26)34-24-13-17(2-7-23(24)29(30)31)15-33-35(32,27-8-9-27)28-10-11-28/h2-7,12-14H,8-11,15H2,1H3. The van der Waals surface area contributed by atoms with E-state index >= 15 is 0 Å². The van der Waals surface area contributed by atoms with E-state index in [9.17, 15) is 23.5 Å². The van der Waals surface area contributed by atoms with Crippen LogP contribution in [0.25, 0.3) is 11.1 Å². The van der Waals surface area contributed by atoms with Gasteiger partial charge in [0.25, 0.3) is 0 Å². The monoisotopic (exact) mass is 501 g/mol. The van der Waals surface area contributed by atoms with Gasteiger partial charge in [0.05, 0.1) is 11.5 Å². The molecule has 2 saturated heterocycles. The Labute approximate surface area is 200 Å². The summed E-state index contributed by atoms with van der Waals surface area (Å²) in [7, 11) is -3.05. The van der Waals surface area contributed by atoms with Crippen LogP contribution < -0.4 is 4.74 Å². The van der Waals surface area contributed by atoms with E-state index in [0.717, 1.165) is 6.07 Å². The van der Waals surface area contributed by atoms with Crippen LogP contribution in [0.1, 0.15) is 11.1 Å².